The summed E-state index contributed by atoms with van der Waals surface area (Å²) in [4.78, 5) is 15.9. The summed E-state index contributed by atoms with van der Waals surface area (Å²) in [5.41, 5.74) is 3.26. The Balaban J connectivity index is 1.19. The van der Waals surface area contributed by atoms with Crippen LogP contribution >= 0.6 is 11.6 Å². The monoisotopic (exact) mass is 684 g/mol. The molecule has 254 valence electrons. The second-order valence-electron chi connectivity index (χ2n) is 15.2. The summed E-state index contributed by atoms with van der Waals surface area (Å²) in [5, 5.41) is 10.1. The van der Waals surface area contributed by atoms with Gasteiger partial charge in [-0.25, -0.2) is 13.1 Å². The zero-order valence-corrected chi connectivity index (χ0v) is 28.7. The predicted molar refractivity (Wildman–Crippen MR) is 178 cm³/mol. The smallest absolute Gasteiger partial charge is 0.264 e. The van der Waals surface area contributed by atoms with Gasteiger partial charge in [0.25, 0.3) is 5.91 Å². The molecule has 3 heterocycles. The molecule has 0 aromatic heterocycles. The van der Waals surface area contributed by atoms with Gasteiger partial charge in [0.1, 0.15) is 11.9 Å². The molecule has 2 unspecified atom stereocenters. The molecule has 2 aromatic rings. The Morgan fingerprint density at radius 2 is 1.87 bits per heavy atom. The van der Waals surface area contributed by atoms with Gasteiger partial charge in [-0.05, 0) is 111 Å². The van der Waals surface area contributed by atoms with E-state index in [1.54, 1.807) is 13.0 Å². The van der Waals surface area contributed by atoms with Gasteiger partial charge in [0, 0.05) is 34.5 Å². The molecule has 11 heteroatoms. The Bertz CT molecular complexity index is 1680. The maximum Gasteiger partial charge on any atom is 0.264 e. The molecule has 3 aliphatic heterocycles. The highest BCUT2D eigenvalue weighted by Crippen LogP contribution is 2.77. The van der Waals surface area contributed by atoms with E-state index < -0.39 is 27.3 Å². The second kappa shape index (κ2) is 11.6. The van der Waals surface area contributed by atoms with Crippen LogP contribution in [0.15, 0.2) is 36.4 Å². The molecule has 2 saturated carbocycles. The highest BCUT2D eigenvalue weighted by atomic mass is 35.5. The van der Waals surface area contributed by atoms with Gasteiger partial charge in [0.2, 0.25) is 10.0 Å². The van der Waals surface area contributed by atoms with E-state index in [1.165, 1.54) is 11.1 Å². The first-order valence-electron chi connectivity index (χ1n) is 17.3. The molecule has 8 rings (SSSR count). The van der Waals surface area contributed by atoms with Crippen LogP contribution in [0, 0.1) is 29.1 Å². The minimum Gasteiger partial charge on any atom is -0.490 e. The number of hydrogen-bond donors (Lipinski definition) is 2. The standard InChI is InChI=1S/C36H45ClN2O7S/c1-21-5-3-12-36(34-44-17-27(40)18-45-34)29-14-25(32(29)36)16-39-19-35(11-4-6-23-13-26(37)8-9-28(23)35)20-46-31-10-7-24(15-30(31)39)33(41)38-47(42,43)22(21)2/h7-10,13,15,21-22,25,27,29,32,34,40H,3-6,11-12,14,16-20H2,1-2H3,(H,38,41)/t21-,22+,25-,27-,29?,32-,34-,35-,36?/m0/s1. The molecule has 47 heavy (non-hydrogen) atoms. The SMILES string of the molecule is C[C@@H]1[C@@H](C)CCCC2([C@H]3OC[C@H](O)CO3)C3C[C@@H](CN4C[C@@]5(CCCc6cc(Cl)ccc65)COc5ccc(cc54)C(=O)NS1(=O)=O)[C@@H]32. The summed E-state index contributed by atoms with van der Waals surface area (Å²) < 4.78 is 48.3. The molecule has 1 spiro atoms. The van der Waals surface area contributed by atoms with Crippen LogP contribution in [-0.2, 0) is 31.3 Å². The maximum atomic E-state index is 13.5. The third kappa shape index (κ3) is 5.28. The van der Waals surface area contributed by atoms with E-state index in [0.29, 0.717) is 42.1 Å². The van der Waals surface area contributed by atoms with Crippen molar-refractivity contribution >= 4 is 33.2 Å². The van der Waals surface area contributed by atoms with Crippen LogP contribution in [0.4, 0.5) is 5.69 Å². The number of carbonyl (C=O) groups excluding carboxylic acids is 1. The van der Waals surface area contributed by atoms with E-state index in [1.807, 2.05) is 25.1 Å². The molecule has 6 aliphatic rings. The first-order chi connectivity index (χ1) is 22.5. The van der Waals surface area contributed by atoms with Gasteiger partial charge in [0.15, 0.2) is 6.29 Å². The number of nitrogens with one attached hydrogen (secondary N) is 1. The number of halogens is 1. The topological polar surface area (TPSA) is 114 Å². The molecule has 3 fully saturated rings. The largest absolute Gasteiger partial charge is 0.490 e. The quantitative estimate of drug-likeness (QED) is 0.428. The number of rotatable bonds is 1. The van der Waals surface area contributed by atoms with E-state index in [2.05, 4.69) is 21.8 Å². The van der Waals surface area contributed by atoms with Gasteiger partial charge >= 0.3 is 0 Å². The number of aryl methyl sites for hydroxylation is 1. The zero-order chi connectivity index (χ0) is 32.7. The number of hydrogen-bond acceptors (Lipinski definition) is 8. The molecule has 3 aliphatic carbocycles. The Kier molecular flexibility index (Phi) is 7.87. The Morgan fingerprint density at radius 1 is 1.06 bits per heavy atom. The number of nitrogens with zero attached hydrogens (tertiary/aromatic N) is 1. The molecule has 2 bridgehead atoms. The molecule has 1 saturated heterocycles. The lowest BCUT2D eigenvalue weighted by molar-refractivity contribution is -0.248. The van der Waals surface area contributed by atoms with E-state index in [9.17, 15) is 18.3 Å². The van der Waals surface area contributed by atoms with Crippen molar-refractivity contribution in [3.05, 3.63) is 58.1 Å². The average molecular weight is 685 g/mol. The summed E-state index contributed by atoms with van der Waals surface area (Å²) >= 11 is 6.45. The lowest BCUT2D eigenvalue weighted by Gasteiger charge is -2.42. The van der Waals surface area contributed by atoms with Gasteiger partial charge in [0.05, 0.1) is 30.8 Å². The number of aliphatic hydroxyl groups excluding tert-OH is 1. The van der Waals surface area contributed by atoms with Crippen LogP contribution in [-0.4, -0.2) is 70.0 Å². The minimum absolute atomic E-state index is 0.142. The first-order valence-corrected chi connectivity index (χ1v) is 19.2. The predicted octanol–water partition coefficient (Wildman–Crippen LogP) is 5.07. The minimum atomic E-state index is -3.92. The summed E-state index contributed by atoms with van der Waals surface area (Å²) in [7, 11) is -3.92. The summed E-state index contributed by atoms with van der Waals surface area (Å²) in [5.74, 6) is 1.24. The van der Waals surface area contributed by atoms with Crippen molar-refractivity contribution in [3.63, 3.8) is 0 Å². The molecule has 9 nitrogen and oxygen atoms in total. The lowest BCUT2D eigenvalue weighted by Crippen LogP contribution is -2.47. The fourth-order valence-electron chi connectivity index (χ4n) is 9.87. The van der Waals surface area contributed by atoms with E-state index >= 15 is 0 Å². The number of fused-ring (bicyclic) bond motifs is 4. The fourth-order valence-corrected chi connectivity index (χ4v) is 11.4. The number of aliphatic hydroxyl groups is 1. The third-order valence-corrected chi connectivity index (χ3v) is 14.7. The Morgan fingerprint density at radius 3 is 2.68 bits per heavy atom. The number of benzene rings is 2. The average Bonchev–Trinajstić information content (AvgIpc) is 3.62. The van der Waals surface area contributed by atoms with Crippen molar-refractivity contribution in [1.29, 1.82) is 0 Å². The number of ether oxygens (including phenoxy) is 3. The molecular weight excluding hydrogens is 640 g/mol. The van der Waals surface area contributed by atoms with Crippen molar-refractivity contribution < 1.29 is 32.5 Å². The first kappa shape index (κ1) is 31.9. The van der Waals surface area contributed by atoms with Crippen LogP contribution in [0.1, 0.15) is 73.9 Å². The van der Waals surface area contributed by atoms with E-state index in [0.717, 1.165) is 62.3 Å². The van der Waals surface area contributed by atoms with Gasteiger partial charge < -0.3 is 24.2 Å². The van der Waals surface area contributed by atoms with Gasteiger partial charge in [-0.1, -0.05) is 31.0 Å². The summed E-state index contributed by atoms with van der Waals surface area (Å²) in [6.45, 7) is 6.19. The normalized spacial score (nSPS) is 39.4. The van der Waals surface area contributed by atoms with Crippen LogP contribution < -0.4 is 14.4 Å². The van der Waals surface area contributed by atoms with E-state index in [4.69, 9.17) is 25.8 Å². The number of carbonyl (C=O) groups is 1. The van der Waals surface area contributed by atoms with Crippen molar-refractivity contribution in [2.45, 2.75) is 81.9 Å². The zero-order valence-electron chi connectivity index (χ0n) is 27.1. The van der Waals surface area contributed by atoms with Crippen LogP contribution in [0.3, 0.4) is 0 Å². The van der Waals surface area contributed by atoms with Crippen molar-refractivity contribution in [1.82, 2.24) is 4.72 Å². The van der Waals surface area contributed by atoms with Gasteiger partial charge in [-0.3, -0.25) is 4.79 Å². The number of sulfonamides is 1. The second-order valence-corrected chi connectivity index (χ2v) is 17.7. The molecule has 1 amide bonds. The van der Waals surface area contributed by atoms with Crippen molar-refractivity contribution in [2.75, 3.05) is 37.8 Å². The van der Waals surface area contributed by atoms with Crippen LogP contribution in [0.25, 0.3) is 0 Å². The Labute approximate surface area is 282 Å². The van der Waals surface area contributed by atoms with Gasteiger partial charge in [-0.15, -0.1) is 0 Å². The molecule has 7 atom stereocenters. The lowest BCUT2D eigenvalue weighted by atomic mass is 9.70. The summed E-state index contributed by atoms with van der Waals surface area (Å²) in [6, 6.07) is 11.5. The van der Waals surface area contributed by atoms with Crippen LogP contribution in [0.5, 0.6) is 5.75 Å². The molecular formula is C36H45ClN2O7S. The summed E-state index contributed by atoms with van der Waals surface area (Å²) in [6.07, 6.45) is 5.49. The third-order valence-electron chi connectivity index (χ3n) is 12.6. The highest BCUT2D eigenvalue weighted by Gasteiger charge is 2.77. The number of amides is 1. The fraction of sp³-hybridized carbons (Fsp3) is 0.639. The number of anilines is 1. The van der Waals surface area contributed by atoms with Gasteiger partial charge in [-0.2, -0.15) is 0 Å². The van der Waals surface area contributed by atoms with Crippen molar-refractivity contribution in [2.24, 2.45) is 29.1 Å². The van der Waals surface area contributed by atoms with Crippen LogP contribution in [0.2, 0.25) is 5.02 Å². The molecule has 2 aromatic carbocycles. The molecule has 0 radical (unpaired) electrons. The van der Waals surface area contributed by atoms with Crippen molar-refractivity contribution in [3.8, 4) is 5.75 Å². The Hall–Kier alpha value is -2.37. The highest BCUT2D eigenvalue weighted by molar-refractivity contribution is 7.90. The van der Waals surface area contributed by atoms with E-state index in [-0.39, 0.29) is 36.3 Å². The maximum absolute atomic E-state index is 13.5. The molecule has 2 N–H and O–H groups in total.